The average Bonchev–Trinajstić information content (AvgIpc) is 3.19. The number of hydrogen-bond acceptors (Lipinski definition) is 5. The lowest BCUT2D eigenvalue weighted by molar-refractivity contribution is -0.143. The molecular weight excluding hydrogens is 398 g/mol. The first-order valence-electron chi connectivity index (χ1n) is 10.0. The Balaban J connectivity index is 1.67. The highest BCUT2D eigenvalue weighted by molar-refractivity contribution is 5.90. The molecule has 0 aliphatic carbocycles. The van der Waals surface area contributed by atoms with Gasteiger partial charge < -0.3 is 25.1 Å². The van der Waals surface area contributed by atoms with Crippen LogP contribution in [-0.4, -0.2) is 42.1 Å². The SMILES string of the molecule is CCOC(=O)CNC(=O)[C@@H](Cc1c[nH]c2ccccc12)NC(=O)OCc1ccccc1. The summed E-state index contributed by atoms with van der Waals surface area (Å²) in [6, 6.07) is 16.0. The molecule has 0 aliphatic heterocycles. The van der Waals surface area contributed by atoms with Crippen molar-refractivity contribution in [2.45, 2.75) is 26.0 Å². The highest BCUT2D eigenvalue weighted by Gasteiger charge is 2.24. The van der Waals surface area contributed by atoms with Gasteiger partial charge in [-0.1, -0.05) is 48.5 Å². The van der Waals surface area contributed by atoms with Crippen LogP contribution in [0.4, 0.5) is 4.79 Å². The minimum atomic E-state index is -0.933. The molecule has 2 amide bonds. The van der Waals surface area contributed by atoms with E-state index in [4.69, 9.17) is 9.47 Å². The number of ether oxygens (including phenoxy) is 2. The minimum Gasteiger partial charge on any atom is -0.465 e. The molecule has 0 fully saturated rings. The van der Waals surface area contributed by atoms with E-state index in [9.17, 15) is 14.4 Å². The van der Waals surface area contributed by atoms with Crippen LogP contribution in [0.15, 0.2) is 60.8 Å². The van der Waals surface area contributed by atoms with Crippen LogP contribution in [0, 0.1) is 0 Å². The van der Waals surface area contributed by atoms with Crippen molar-refractivity contribution >= 4 is 28.9 Å². The molecule has 8 heteroatoms. The van der Waals surface area contributed by atoms with E-state index < -0.39 is 24.0 Å². The number of alkyl carbamates (subject to hydrolysis) is 1. The zero-order valence-electron chi connectivity index (χ0n) is 17.2. The molecule has 0 saturated carbocycles. The van der Waals surface area contributed by atoms with Gasteiger partial charge in [0.25, 0.3) is 0 Å². The van der Waals surface area contributed by atoms with Gasteiger partial charge in [0.2, 0.25) is 5.91 Å². The number of carbonyl (C=O) groups excluding carboxylic acids is 3. The molecule has 0 saturated heterocycles. The van der Waals surface area contributed by atoms with Crippen LogP contribution in [0.5, 0.6) is 0 Å². The second-order valence-corrected chi connectivity index (χ2v) is 6.85. The second kappa shape index (κ2) is 10.8. The van der Waals surface area contributed by atoms with Crippen molar-refractivity contribution < 1.29 is 23.9 Å². The largest absolute Gasteiger partial charge is 0.465 e. The molecule has 2 aromatic carbocycles. The van der Waals surface area contributed by atoms with Gasteiger partial charge in [0.1, 0.15) is 19.2 Å². The van der Waals surface area contributed by atoms with Gasteiger partial charge in [0, 0.05) is 23.5 Å². The van der Waals surface area contributed by atoms with Crippen LogP contribution in [0.1, 0.15) is 18.1 Å². The van der Waals surface area contributed by atoms with E-state index in [1.54, 1.807) is 13.1 Å². The van der Waals surface area contributed by atoms with Gasteiger partial charge in [-0.2, -0.15) is 0 Å². The molecule has 0 spiro atoms. The van der Waals surface area contributed by atoms with Gasteiger partial charge in [-0.3, -0.25) is 9.59 Å². The topological polar surface area (TPSA) is 110 Å². The number of benzene rings is 2. The zero-order valence-corrected chi connectivity index (χ0v) is 17.2. The Kier molecular flexibility index (Phi) is 7.64. The molecule has 1 heterocycles. The van der Waals surface area contributed by atoms with Crippen LogP contribution in [0.25, 0.3) is 10.9 Å². The number of para-hydroxylation sites is 1. The van der Waals surface area contributed by atoms with E-state index in [0.29, 0.717) is 0 Å². The Bertz CT molecular complexity index is 1030. The first-order chi connectivity index (χ1) is 15.1. The van der Waals surface area contributed by atoms with Crippen molar-refractivity contribution in [2.75, 3.05) is 13.2 Å². The summed E-state index contributed by atoms with van der Waals surface area (Å²) in [6.07, 6.45) is 1.30. The Morgan fingerprint density at radius 3 is 2.52 bits per heavy atom. The van der Waals surface area contributed by atoms with E-state index in [0.717, 1.165) is 22.0 Å². The van der Waals surface area contributed by atoms with Gasteiger partial charge in [0.05, 0.1) is 6.61 Å². The van der Waals surface area contributed by atoms with Crippen molar-refractivity contribution in [1.82, 2.24) is 15.6 Å². The molecule has 31 heavy (non-hydrogen) atoms. The number of aromatic nitrogens is 1. The maximum atomic E-state index is 12.7. The Morgan fingerprint density at radius 2 is 1.74 bits per heavy atom. The predicted octanol–water partition coefficient (Wildman–Crippen LogP) is 2.68. The van der Waals surface area contributed by atoms with Crippen molar-refractivity contribution in [3.8, 4) is 0 Å². The molecule has 8 nitrogen and oxygen atoms in total. The van der Waals surface area contributed by atoms with Gasteiger partial charge in [-0.15, -0.1) is 0 Å². The number of H-pyrrole nitrogens is 1. The number of amides is 2. The third-order valence-corrected chi connectivity index (χ3v) is 4.63. The van der Waals surface area contributed by atoms with Crippen LogP contribution in [-0.2, 0) is 32.1 Å². The second-order valence-electron chi connectivity index (χ2n) is 6.85. The van der Waals surface area contributed by atoms with Crippen LogP contribution < -0.4 is 10.6 Å². The molecule has 0 unspecified atom stereocenters. The molecule has 162 valence electrons. The summed E-state index contributed by atoms with van der Waals surface area (Å²) in [6.45, 7) is 1.70. The average molecular weight is 423 g/mol. The third-order valence-electron chi connectivity index (χ3n) is 4.63. The molecule has 0 aliphatic rings. The van der Waals surface area contributed by atoms with E-state index in [1.165, 1.54) is 0 Å². The first-order valence-corrected chi connectivity index (χ1v) is 10.0. The van der Waals surface area contributed by atoms with Crippen LogP contribution in [0.2, 0.25) is 0 Å². The van der Waals surface area contributed by atoms with Crippen molar-refractivity contribution in [2.24, 2.45) is 0 Å². The van der Waals surface area contributed by atoms with E-state index in [1.807, 2.05) is 54.6 Å². The standard InChI is InChI=1S/C23H25N3O5/c1-2-30-21(27)14-25-22(28)20(12-17-13-24-19-11-7-6-10-18(17)19)26-23(29)31-15-16-8-4-3-5-9-16/h3-11,13,20,24H,2,12,14-15H2,1H3,(H,25,28)(H,26,29)/t20-/m1/s1. The van der Waals surface area contributed by atoms with Crippen molar-refractivity contribution in [3.63, 3.8) is 0 Å². The fourth-order valence-corrected chi connectivity index (χ4v) is 3.13. The maximum Gasteiger partial charge on any atom is 0.408 e. The summed E-state index contributed by atoms with van der Waals surface area (Å²) in [5.74, 6) is -1.05. The lowest BCUT2D eigenvalue weighted by Gasteiger charge is -2.18. The fourth-order valence-electron chi connectivity index (χ4n) is 3.13. The fraction of sp³-hybridized carbons (Fsp3) is 0.261. The van der Waals surface area contributed by atoms with Crippen LogP contribution >= 0.6 is 0 Å². The van der Waals surface area contributed by atoms with E-state index in [2.05, 4.69) is 15.6 Å². The zero-order chi connectivity index (χ0) is 22.1. The Hall–Kier alpha value is -3.81. The highest BCUT2D eigenvalue weighted by Crippen LogP contribution is 2.19. The summed E-state index contributed by atoms with van der Waals surface area (Å²) in [7, 11) is 0. The number of rotatable bonds is 9. The quantitative estimate of drug-likeness (QED) is 0.459. The van der Waals surface area contributed by atoms with Gasteiger partial charge in [-0.05, 0) is 24.1 Å². The summed E-state index contributed by atoms with van der Waals surface area (Å²) in [5.41, 5.74) is 2.61. The number of fused-ring (bicyclic) bond motifs is 1. The Labute approximate surface area is 179 Å². The van der Waals surface area contributed by atoms with Crippen LogP contribution in [0.3, 0.4) is 0 Å². The number of carbonyl (C=O) groups is 3. The number of hydrogen-bond donors (Lipinski definition) is 3. The monoisotopic (exact) mass is 423 g/mol. The van der Waals surface area contributed by atoms with Gasteiger partial charge in [0.15, 0.2) is 0 Å². The molecule has 1 atom stereocenters. The molecule has 3 N–H and O–H groups in total. The number of nitrogens with one attached hydrogen (secondary N) is 3. The smallest absolute Gasteiger partial charge is 0.408 e. The number of aromatic amines is 1. The summed E-state index contributed by atoms with van der Waals surface area (Å²) in [5, 5.41) is 6.07. The molecule has 3 aromatic rings. The van der Waals surface area contributed by atoms with E-state index >= 15 is 0 Å². The lowest BCUT2D eigenvalue weighted by Crippen LogP contribution is -2.49. The van der Waals surface area contributed by atoms with Crippen molar-refractivity contribution in [3.05, 3.63) is 71.9 Å². The van der Waals surface area contributed by atoms with Crippen molar-refractivity contribution in [1.29, 1.82) is 0 Å². The summed E-state index contributed by atoms with van der Waals surface area (Å²) < 4.78 is 10.1. The number of esters is 1. The molecular formula is C23H25N3O5. The molecule has 1 aromatic heterocycles. The lowest BCUT2D eigenvalue weighted by atomic mass is 10.0. The van der Waals surface area contributed by atoms with E-state index in [-0.39, 0.29) is 26.2 Å². The molecule has 3 rings (SSSR count). The highest BCUT2D eigenvalue weighted by atomic mass is 16.5. The first kappa shape index (κ1) is 21.9. The Morgan fingerprint density at radius 1 is 1.00 bits per heavy atom. The molecule has 0 bridgehead atoms. The predicted molar refractivity (Wildman–Crippen MR) is 115 cm³/mol. The third kappa shape index (κ3) is 6.33. The van der Waals surface area contributed by atoms with Gasteiger partial charge >= 0.3 is 12.1 Å². The molecule has 0 radical (unpaired) electrons. The minimum absolute atomic E-state index is 0.0803. The van der Waals surface area contributed by atoms with Gasteiger partial charge in [-0.25, -0.2) is 4.79 Å². The maximum absolute atomic E-state index is 12.7. The summed E-state index contributed by atoms with van der Waals surface area (Å²) in [4.78, 5) is 39.8. The normalized spacial score (nSPS) is 11.5. The summed E-state index contributed by atoms with van der Waals surface area (Å²) >= 11 is 0.